The minimum Gasteiger partial charge on any atom is -0.338 e. The number of fused-ring (bicyclic) bond motifs is 1. The van der Waals surface area contributed by atoms with Gasteiger partial charge < -0.3 is 5.32 Å². The highest BCUT2D eigenvalue weighted by Gasteiger charge is 2.08. The van der Waals surface area contributed by atoms with Gasteiger partial charge in [0.25, 0.3) is 0 Å². The highest BCUT2D eigenvalue weighted by molar-refractivity contribution is 5.81. The van der Waals surface area contributed by atoms with Crippen LogP contribution in [0, 0.1) is 12.7 Å². The normalized spacial score (nSPS) is 10.0. The van der Waals surface area contributed by atoms with Crippen LogP contribution in [0.15, 0.2) is 60.5 Å². The smallest absolute Gasteiger partial charge is 0.148 e. The molecule has 0 spiro atoms. The minimum absolute atomic E-state index is 0.311. The van der Waals surface area contributed by atoms with Crippen molar-refractivity contribution in [2.24, 2.45) is 5.10 Å². The summed E-state index contributed by atoms with van der Waals surface area (Å²) in [6.07, 6.45) is 5.80. The average molecular weight is 379 g/mol. The molecule has 0 saturated heterocycles. The maximum absolute atomic E-state index is 14.3. The molecule has 1 aromatic carbocycles. The molecule has 0 amide bonds. The second-order valence-electron chi connectivity index (χ2n) is 6.17. The van der Waals surface area contributed by atoms with E-state index in [1.807, 2.05) is 19.1 Å². The Balaban J connectivity index is 0.000000640. The fraction of sp³-hybridized carbons (Fsp3) is 0.227. The number of rotatable bonds is 6. The number of pyridine rings is 2. The van der Waals surface area contributed by atoms with Crippen LogP contribution >= 0.6 is 0 Å². The van der Waals surface area contributed by atoms with Gasteiger partial charge in [0.05, 0.1) is 16.9 Å². The van der Waals surface area contributed by atoms with Gasteiger partial charge in [0.15, 0.2) is 0 Å². The maximum atomic E-state index is 14.3. The van der Waals surface area contributed by atoms with Crippen LogP contribution in [0.5, 0.6) is 0 Å². The fourth-order valence-electron chi connectivity index (χ4n) is 2.32. The molecule has 0 saturated carbocycles. The number of anilines is 3. The van der Waals surface area contributed by atoms with E-state index in [1.165, 1.54) is 30.1 Å². The van der Waals surface area contributed by atoms with E-state index in [1.54, 1.807) is 24.4 Å². The van der Waals surface area contributed by atoms with Crippen molar-refractivity contribution in [2.45, 2.75) is 33.6 Å². The quantitative estimate of drug-likeness (QED) is 0.410. The lowest BCUT2D eigenvalue weighted by molar-refractivity contribution is 0.631. The van der Waals surface area contributed by atoms with E-state index in [0.29, 0.717) is 17.2 Å². The Morgan fingerprint density at radius 2 is 1.93 bits per heavy atom. The van der Waals surface area contributed by atoms with Gasteiger partial charge in [0.1, 0.15) is 11.6 Å². The zero-order valence-corrected chi connectivity index (χ0v) is 16.6. The lowest BCUT2D eigenvalue weighted by Gasteiger charge is -2.14. The lowest BCUT2D eigenvalue weighted by Crippen LogP contribution is -2.06. The summed E-state index contributed by atoms with van der Waals surface area (Å²) in [5.74, 6) is 0.0942. The first-order valence-corrected chi connectivity index (χ1v) is 9.20. The summed E-state index contributed by atoms with van der Waals surface area (Å²) in [7, 11) is 0. The van der Waals surface area contributed by atoms with Gasteiger partial charge in [-0.15, -0.1) is 0 Å². The Morgan fingerprint density at radius 3 is 2.54 bits per heavy atom. The zero-order valence-electron chi connectivity index (χ0n) is 16.6. The van der Waals surface area contributed by atoms with E-state index >= 15 is 0 Å². The Morgan fingerprint density at radius 1 is 1.18 bits per heavy atom. The minimum atomic E-state index is -0.429. The molecule has 3 rings (SSSR count). The number of halogens is 1. The molecule has 0 aliphatic carbocycles. The fourth-order valence-corrected chi connectivity index (χ4v) is 2.32. The van der Waals surface area contributed by atoms with Crippen LogP contribution in [-0.2, 0) is 0 Å². The summed E-state index contributed by atoms with van der Waals surface area (Å²) in [6, 6.07) is 10.3. The molecular weight excluding hydrogens is 353 g/mol. The van der Waals surface area contributed by atoms with Gasteiger partial charge in [-0.3, -0.25) is 4.98 Å². The molecule has 3 aromatic rings. The van der Waals surface area contributed by atoms with Gasteiger partial charge in [0, 0.05) is 42.3 Å². The van der Waals surface area contributed by atoms with Gasteiger partial charge in [-0.1, -0.05) is 33.3 Å². The van der Waals surface area contributed by atoms with E-state index in [4.69, 9.17) is 0 Å². The second kappa shape index (κ2) is 10.2. The number of aryl methyl sites for hydroxylation is 1. The number of hydrogen-bond acceptors (Lipinski definition) is 5. The number of nitrogens with one attached hydrogen (secondary N) is 1. The van der Waals surface area contributed by atoms with Crippen LogP contribution in [0.25, 0.3) is 10.9 Å². The van der Waals surface area contributed by atoms with Crippen LogP contribution < -0.4 is 10.3 Å². The molecule has 0 radical (unpaired) electrons. The van der Waals surface area contributed by atoms with Gasteiger partial charge in [-0.25, -0.2) is 14.4 Å². The molecule has 0 aliphatic heterocycles. The van der Waals surface area contributed by atoms with Gasteiger partial charge >= 0.3 is 0 Å². The average Bonchev–Trinajstić information content (AvgIpc) is 2.70. The predicted octanol–water partition coefficient (Wildman–Crippen LogP) is 6.19. The number of unbranched alkanes of at least 4 members (excludes halogenated alkanes) is 1. The van der Waals surface area contributed by atoms with Gasteiger partial charge in [0.2, 0.25) is 0 Å². The van der Waals surface area contributed by atoms with E-state index in [2.05, 4.69) is 47.5 Å². The van der Waals surface area contributed by atoms with Crippen LogP contribution in [0.2, 0.25) is 0 Å². The number of benzene rings is 1. The Kier molecular flexibility index (Phi) is 7.63. The van der Waals surface area contributed by atoms with Crippen LogP contribution in [0.1, 0.15) is 32.4 Å². The van der Waals surface area contributed by atoms with Crippen molar-refractivity contribution in [1.82, 2.24) is 9.97 Å². The number of hydrazone groups is 1. The van der Waals surface area contributed by atoms with Crippen molar-refractivity contribution in [2.75, 3.05) is 10.3 Å². The molecule has 2 heterocycles. The molecule has 0 unspecified atom stereocenters. The van der Waals surface area contributed by atoms with E-state index in [9.17, 15) is 4.39 Å². The zero-order chi connectivity index (χ0) is 20.5. The third kappa shape index (κ3) is 5.36. The molecule has 0 bridgehead atoms. The molecule has 0 aliphatic rings. The van der Waals surface area contributed by atoms with Crippen LogP contribution in [0.4, 0.5) is 21.6 Å². The molecule has 146 valence electrons. The second-order valence-corrected chi connectivity index (χ2v) is 6.17. The summed E-state index contributed by atoms with van der Waals surface area (Å²) < 4.78 is 14.3. The monoisotopic (exact) mass is 379 g/mol. The van der Waals surface area contributed by atoms with Crippen molar-refractivity contribution in [3.63, 3.8) is 0 Å². The summed E-state index contributed by atoms with van der Waals surface area (Å²) in [4.78, 5) is 8.74. The highest BCUT2D eigenvalue weighted by Crippen LogP contribution is 2.25. The van der Waals surface area contributed by atoms with Crippen molar-refractivity contribution < 1.29 is 4.39 Å². The van der Waals surface area contributed by atoms with Gasteiger partial charge in [-0.2, -0.15) is 5.10 Å². The molecule has 28 heavy (non-hydrogen) atoms. The number of hydrogen-bond donors (Lipinski definition) is 1. The molecule has 0 fully saturated rings. The Bertz CT molecular complexity index is 945. The van der Waals surface area contributed by atoms with Gasteiger partial charge in [-0.05, 0) is 31.2 Å². The summed E-state index contributed by atoms with van der Waals surface area (Å²) in [5.41, 5.74) is 2.56. The first-order chi connectivity index (χ1) is 13.5. The molecule has 5 nitrogen and oxygen atoms in total. The SMILES string of the molecule is C=CN(N=C)c1ccc(Nc2cc3nc(C)ccc3cn2)c(F)c1.CCCC. The third-order valence-corrected chi connectivity index (χ3v) is 4.02. The van der Waals surface area contributed by atoms with Crippen molar-refractivity contribution >= 4 is 34.8 Å². The number of nitrogens with zero attached hydrogens (tertiary/aromatic N) is 4. The molecule has 2 aromatic heterocycles. The maximum Gasteiger partial charge on any atom is 0.148 e. The summed E-state index contributed by atoms with van der Waals surface area (Å²) in [6.45, 7) is 13.3. The predicted molar refractivity (Wildman–Crippen MR) is 117 cm³/mol. The Labute approximate surface area is 165 Å². The van der Waals surface area contributed by atoms with Crippen molar-refractivity contribution in [1.29, 1.82) is 0 Å². The Hall–Kier alpha value is -3.28. The third-order valence-electron chi connectivity index (χ3n) is 4.02. The lowest BCUT2D eigenvalue weighted by atomic mass is 10.2. The van der Waals surface area contributed by atoms with Crippen LogP contribution in [-0.4, -0.2) is 16.7 Å². The standard InChI is InChI=1S/C18H16FN5.C4H10/c1-4-24(20-3)14-7-8-16(15(19)9-14)23-18-10-17-13(11-21-18)6-5-12(2)22-17;1-3-4-2/h4-11H,1,3H2,2H3,(H,21,23);3-4H2,1-2H3. The van der Waals surface area contributed by atoms with Crippen molar-refractivity contribution in [3.8, 4) is 0 Å². The first kappa shape index (κ1) is 21.0. The van der Waals surface area contributed by atoms with Crippen LogP contribution in [0.3, 0.4) is 0 Å². The highest BCUT2D eigenvalue weighted by atomic mass is 19.1. The van der Waals surface area contributed by atoms with E-state index in [0.717, 1.165) is 16.6 Å². The van der Waals surface area contributed by atoms with E-state index < -0.39 is 5.82 Å². The van der Waals surface area contributed by atoms with E-state index in [-0.39, 0.29) is 0 Å². The first-order valence-electron chi connectivity index (χ1n) is 9.20. The summed E-state index contributed by atoms with van der Waals surface area (Å²) >= 11 is 0. The molecule has 1 N–H and O–H groups in total. The summed E-state index contributed by atoms with van der Waals surface area (Å²) in [5, 5.41) is 9.01. The molecular formula is C22H26FN5. The topological polar surface area (TPSA) is 53.4 Å². The number of aromatic nitrogens is 2. The van der Waals surface area contributed by atoms with Crippen molar-refractivity contribution in [3.05, 3.63) is 66.9 Å². The molecule has 6 heteroatoms. The molecule has 0 atom stereocenters. The largest absolute Gasteiger partial charge is 0.338 e.